The summed E-state index contributed by atoms with van der Waals surface area (Å²) in [6, 6.07) is 0. The second kappa shape index (κ2) is 5.58. The number of rotatable bonds is 2. The molecular weight excluding hydrogens is 412 g/mol. The van der Waals surface area contributed by atoms with E-state index >= 15 is 0 Å². The van der Waals surface area contributed by atoms with Gasteiger partial charge >= 0.3 is 0 Å². The van der Waals surface area contributed by atoms with Gasteiger partial charge in [0.15, 0.2) is 23.3 Å². The van der Waals surface area contributed by atoms with Crippen LogP contribution in [0.25, 0.3) is 0 Å². The van der Waals surface area contributed by atoms with Crippen molar-refractivity contribution >= 4 is 34.2 Å². The molecule has 0 aliphatic rings. The van der Waals surface area contributed by atoms with Crippen LogP contribution in [0.2, 0.25) is 0 Å². The number of aryl methyl sites for hydroxylation is 1. The van der Waals surface area contributed by atoms with Crippen molar-refractivity contribution in [2.75, 3.05) is 5.32 Å². The first-order chi connectivity index (χ1) is 9.75. The van der Waals surface area contributed by atoms with Gasteiger partial charge in [-0.05, 0) is 22.6 Å². The molecule has 0 saturated carbocycles. The molecule has 0 fully saturated rings. The maximum Gasteiger partial charge on any atom is 0.275 e. The molecule has 1 heterocycles. The molecular formula is C11H5F5IN3O. The van der Waals surface area contributed by atoms with Gasteiger partial charge in [0.1, 0.15) is 11.4 Å². The van der Waals surface area contributed by atoms with Crippen LogP contribution in [0.5, 0.6) is 0 Å². The summed E-state index contributed by atoms with van der Waals surface area (Å²) in [7, 11) is 1.38. The molecule has 1 amide bonds. The van der Waals surface area contributed by atoms with E-state index in [1.54, 1.807) is 27.9 Å². The van der Waals surface area contributed by atoms with Crippen molar-refractivity contribution in [1.82, 2.24) is 9.78 Å². The van der Waals surface area contributed by atoms with E-state index in [1.165, 1.54) is 13.2 Å². The quantitative estimate of drug-likeness (QED) is 0.354. The zero-order valence-corrected chi connectivity index (χ0v) is 12.3. The average Bonchev–Trinajstić information content (AvgIpc) is 2.78. The summed E-state index contributed by atoms with van der Waals surface area (Å²) in [5.41, 5.74) is -1.49. The van der Waals surface area contributed by atoms with Gasteiger partial charge < -0.3 is 5.32 Å². The van der Waals surface area contributed by atoms with Gasteiger partial charge in [-0.1, -0.05) is 0 Å². The highest BCUT2D eigenvalue weighted by molar-refractivity contribution is 14.1. The van der Waals surface area contributed by atoms with Crippen molar-refractivity contribution in [3.8, 4) is 0 Å². The fraction of sp³-hybridized carbons (Fsp3) is 0.0909. The number of hydrogen-bond acceptors (Lipinski definition) is 2. The topological polar surface area (TPSA) is 46.9 Å². The van der Waals surface area contributed by atoms with E-state index in [2.05, 4.69) is 5.10 Å². The van der Waals surface area contributed by atoms with Gasteiger partial charge in [0.2, 0.25) is 5.82 Å². The van der Waals surface area contributed by atoms with Crippen LogP contribution in [0.15, 0.2) is 6.20 Å². The molecule has 0 unspecified atom stereocenters. The fourth-order valence-corrected chi connectivity index (χ4v) is 2.27. The Hall–Kier alpha value is -1.72. The minimum Gasteiger partial charge on any atom is -0.315 e. The zero-order valence-electron chi connectivity index (χ0n) is 10.1. The Morgan fingerprint density at radius 2 is 1.57 bits per heavy atom. The average molecular weight is 417 g/mol. The van der Waals surface area contributed by atoms with Gasteiger partial charge in [0, 0.05) is 7.05 Å². The van der Waals surface area contributed by atoms with Gasteiger partial charge in [-0.2, -0.15) is 5.10 Å². The molecule has 2 rings (SSSR count). The summed E-state index contributed by atoms with van der Waals surface area (Å²) >= 11 is 1.74. The van der Waals surface area contributed by atoms with E-state index in [0.717, 1.165) is 4.68 Å². The van der Waals surface area contributed by atoms with Crippen LogP contribution in [0, 0.1) is 32.7 Å². The Labute approximate surface area is 128 Å². The number of anilines is 1. The van der Waals surface area contributed by atoms with E-state index < -0.39 is 40.7 Å². The van der Waals surface area contributed by atoms with Crippen molar-refractivity contribution < 1.29 is 26.7 Å². The van der Waals surface area contributed by atoms with Crippen molar-refractivity contribution in [1.29, 1.82) is 0 Å². The zero-order chi connectivity index (χ0) is 15.9. The third kappa shape index (κ3) is 2.59. The number of carbonyl (C=O) groups is 1. The molecule has 10 heteroatoms. The van der Waals surface area contributed by atoms with Crippen LogP contribution in [-0.2, 0) is 7.05 Å². The minimum atomic E-state index is -2.29. The fourth-order valence-electron chi connectivity index (χ4n) is 1.55. The summed E-state index contributed by atoms with van der Waals surface area (Å²) in [5.74, 6) is -11.8. The predicted octanol–water partition coefficient (Wildman–Crippen LogP) is 2.97. The van der Waals surface area contributed by atoms with Crippen molar-refractivity contribution in [3.63, 3.8) is 0 Å². The second-order valence-corrected chi connectivity index (χ2v) is 5.03. The SMILES string of the molecule is Cn1ncc(I)c1C(=O)Nc1c(F)c(F)c(F)c(F)c1F. The van der Waals surface area contributed by atoms with Gasteiger partial charge in [-0.3, -0.25) is 9.48 Å². The highest BCUT2D eigenvalue weighted by atomic mass is 127. The summed E-state index contributed by atoms with van der Waals surface area (Å²) < 4.78 is 67.3. The Balaban J connectivity index is 2.48. The monoisotopic (exact) mass is 417 g/mol. The number of hydrogen-bond donors (Lipinski definition) is 1. The van der Waals surface area contributed by atoms with E-state index in [-0.39, 0.29) is 5.69 Å². The van der Waals surface area contributed by atoms with Gasteiger partial charge in [0.25, 0.3) is 5.91 Å². The Morgan fingerprint density at radius 3 is 2.00 bits per heavy atom. The van der Waals surface area contributed by atoms with Crippen molar-refractivity contribution in [2.24, 2.45) is 7.05 Å². The van der Waals surface area contributed by atoms with Gasteiger partial charge in [-0.15, -0.1) is 0 Å². The number of halogens is 6. The maximum atomic E-state index is 13.4. The van der Waals surface area contributed by atoms with Crippen molar-refractivity contribution in [2.45, 2.75) is 0 Å². The van der Waals surface area contributed by atoms with Crippen LogP contribution in [0.3, 0.4) is 0 Å². The summed E-state index contributed by atoms with van der Waals surface area (Å²) in [6.07, 6.45) is 1.30. The lowest BCUT2D eigenvalue weighted by atomic mass is 10.2. The minimum absolute atomic E-state index is 0.0838. The van der Waals surface area contributed by atoms with Gasteiger partial charge in [-0.25, -0.2) is 22.0 Å². The molecule has 1 N–H and O–H groups in total. The van der Waals surface area contributed by atoms with Crippen LogP contribution in [-0.4, -0.2) is 15.7 Å². The molecule has 112 valence electrons. The van der Waals surface area contributed by atoms with E-state index in [9.17, 15) is 26.7 Å². The maximum absolute atomic E-state index is 13.4. The molecule has 4 nitrogen and oxygen atoms in total. The molecule has 21 heavy (non-hydrogen) atoms. The smallest absolute Gasteiger partial charge is 0.275 e. The summed E-state index contributed by atoms with van der Waals surface area (Å²) in [4.78, 5) is 11.9. The number of aromatic nitrogens is 2. The highest BCUT2D eigenvalue weighted by Crippen LogP contribution is 2.27. The number of nitrogens with one attached hydrogen (secondary N) is 1. The van der Waals surface area contributed by atoms with E-state index in [4.69, 9.17) is 0 Å². The molecule has 0 aliphatic heterocycles. The standard InChI is InChI=1S/C11H5F5IN3O/c1-20-10(3(17)2-18-20)11(21)19-9-7(15)5(13)4(12)6(14)8(9)16/h2H,1H3,(H,19,21). The molecule has 1 aromatic heterocycles. The number of carbonyl (C=O) groups excluding carboxylic acids is 1. The lowest BCUT2D eigenvalue weighted by molar-refractivity contribution is 0.101. The first-order valence-corrected chi connectivity index (χ1v) is 6.33. The Kier molecular flexibility index (Phi) is 4.16. The van der Waals surface area contributed by atoms with Crippen molar-refractivity contribution in [3.05, 3.63) is 44.5 Å². The van der Waals surface area contributed by atoms with Crippen LogP contribution in [0.1, 0.15) is 10.5 Å². The first-order valence-electron chi connectivity index (χ1n) is 5.26. The third-order valence-corrected chi connectivity index (χ3v) is 3.35. The molecule has 0 bridgehead atoms. The lowest BCUT2D eigenvalue weighted by Crippen LogP contribution is -2.20. The largest absolute Gasteiger partial charge is 0.315 e. The molecule has 0 saturated heterocycles. The van der Waals surface area contributed by atoms with Crippen LogP contribution >= 0.6 is 22.6 Å². The number of benzene rings is 1. The molecule has 2 aromatic rings. The summed E-state index contributed by atoms with van der Waals surface area (Å²) in [5, 5.41) is 5.40. The van der Waals surface area contributed by atoms with E-state index in [1.807, 2.05) is 0 Å². The van der Waals surface area contributed by atoms with Crippen LogP contribution < -0.4 is 5.32 Å². The number of amides is 1. The number of nitrogens with zero attached hydrogens (tertiary/aromatic N) is 2. The predicted molar refractivity (Wildman–Crippen MR) is 70.1 cm³/mol. The second-order valence-electron chi connectivity index (χ2n) is 3.86. The molecule has 0 spiro atoms. The Bertz CT molecular complexity index is 697. The Morgan fingerprint density at radius 1 is 1.10 bits per heavy atom. The molecule has 0 atom stereocenters. The summed E-state index contributed by atoms with van der Waals surface area (Å²) in [6.45, 7) is 0. The van der Waals surface area contributed by atoms with Gasteiger partial charge in [0.05, 0.1) is 9.77 Å². The third-order valence-electron chi connectivity index (χ3n) is 2.56. The normalized spacial score (nSPS) is 10.8. The van der Waals surface area contributed by atoms with Crippen LogP contribution in [0.4, 0.5) is 27.6 Å². The van der Waals surface area contributed by atoms with E-state index in [0.29, 0.717) is 3.57 Å². The molecule has 1 aromatic carbocycles. The molecule has 0 radical (unpaired) electrons. The lowest BCUT2D eigenvalue weighted by Gasteiger charge is -2.10. The highest BCUT2D eigenvalue weighted by Gasteiger charge is 2.28. The molecule has 0 aliphatic carbocycles. The first kappa shape index (κ1) is 15.7.